The molecule has 0 spiro atoms. The highest BCUT2D eigenvalue weighted by Gasteiger charge is 2.16. The van der Waals surface area contributed by atoms with E-state index in [2.05, 4.69) is 5.43 Å². The van der Waals surface area contributed by atoms with Crippen molar-refractivity contribution in [3.8, 4) is 5.75 Å². The van der Waals surface area contributed by atoms with Gasteiger partial charge in [-0.2, -0.15) is 0 Å². The fourth-order valence-corrected chi connectivity index (χ4v) is 2.82. The SMILES string of the molecule is Cc1c(CCC(=O)NN2CCOCC2)c(=O)oc2cc(O)ccc12. The molecule has 7 heteroatoms. The zero-order valence-corrected chi connectivity index (χ0v) is 13.5. The molecular formula is C17H20N2O5. The number of amides is 1. The summed E-state index contributed by atoms with van der Waals surface area (Å²) in [4.78, 5) is 24.2. The van der Waals surface area contributed by atoms with Crippen molar-refractivity contribution in [1.29, 1.82) is 0 Å². The number of hydrogen-bond donors (Lipinski definition) is 2. The maximum absolute atomic E-state index is 12.2. The summed E-state index contributed by atoms with van der Waals surface area (Å²) >= 11 is 0. The summed E-state index contributed by atoms with van der Waals surface area (Å²) in [6.07, 6.45) is 0.508. The van der Waals surface area contributed by atoms with Gasteiger partial charge in [0.2, 0.25) is 5.91 Å². The molecule has 24 heavy (non-hydrogen) atoms. The number of aryl methyl sites for hydroxylation is 1. The minimum absolute atomic E-state index is 0.0442. The van der Waals surface area contributed by atoms with Gasteiger partial charge in [0.05, 0.1) is 13.2 Å². The van der Waals surface area contributed by atoms with Crippen LogP contribution in [0.2, 0.25) is 0 Å². The number of rotatable bonds is 4. The molecule has 3 rings (SSSR count). The predicted molar refractivity (Wildman–Crippen MR) is 87.7 cm³/mol. The number of aromatic hydroxyl groups is 1. The van der Waals surface area contributed by atoms with E-state index in [4.69, 9.17) is 9.15 Å². The fraction of sp³-hybridized carbons (Fsp3) is 0.412. The molecule has 1 aromatic carbocycles. The predicted octanol–water partition coefficient (Wildman–Crippen LogP) is 1.10. The highest BCUT2D eigenvalue weighted by molar-refractivity contribution is 5.82. The van der Waals surface area contributed by atoms with Crippen LogP contribution in [0.1, 0.15) is 17.5 Å². The minimum atomic E-state index is -0.468. The Bertz CT molecular complexity index is 808. The maximum atomic E-state index is 12.2. The van der Waals surface area contributed by atoms with Crippen LogP contribution in [0.4, 0.5) is 0 Å². The van der Waals surface area contributed by atoms with Crippen molar-refractivity contribution in [1.82, 2.24) is 10.4 Å². The Balaban J connectivity index is 1.71. The van der Waals surface area contributed by atoms with E-state index in [0.29, 0.717) is 43.9 Å². The first kappa shape index (κ1) is 16.5. The van der Waals surface area contributed by atoms with Gasteiger partial charge in [-0.1, -0.05) is 0 Å². The van der Waals surface area contributed by atoms with Crippen molar-refractivity contribution in [3.63, 3.8) is 0 Å². The number of morpholine rings is 1. The molecule has 1 aromatic heterocycles. The summed E-state index contributed by atoms with van der Waals surface area (Å²) in [6, 6.07) is 4.67. The lowest BCUT2D eigenvalue weighted by Crippen LogP contribution is -2.48. The number of hydrogen-bond acceptors (Lipinski definition) is 6. The van der Waals surface area contributed by atoms with Gasteiger partial charge >= 0.3 is 5.63 Å². The lowest BCUT2D eigenvalue weighted by Gasteiger charge is -2.26. The van der Waals surface area contributed by atoms with Gasteiger partial charge in [-0.25, -0.2) is 9.80 Å². The molecule has 0 atom stereocenters. The Morgan fingerprint density at radius 2 is 2.08 bits per heavy atom. The number of fused-ring (bicyclic) bond motifs is 1. The summed E-state index contributed by atoms with van der Waals surface area (Å²) in [5.74, 6) is -0.0933. The van der Waals surface area contributed by atoms with E-state index in [1.165, 1.54) is 6.07 Å². The summed E-state index contributed by atoms with van der Waals surface area (Å²) in [7, 11) is 0. The molecule has 2 heterocycles. The monoisotopic (exact) mass is 332 g/mol. The van der Waals surface area contributed by atoms with Gasteiger partial charge in [-0.3, -0.25) is 10.2 Å². The van der Waals surface area contributed by atoms with Crippen molar-refractivity contribution in [2.24, 2.45) is 0 Å². The number of ether oxygens (including phenoxy) is 1. The van der Waals surface area contributed by atoms with Gasteiger partial charge in [0.25, 0.3) is 0 Å². The first-order valence-corrected chi connectivity index (χ1v) is 7.92. The molecule has 0 aliphatic carbocycles. The van der Waals surface area contributed by atoms with Crippen LogP contribution >= 0.6 is 0 Å². The van der Waals surface area contributed by atoms with Gasteiger partial charge in [-0.15, -0.1) is 0 Å². The first-order valence-electron chi connectivity index (χ1n) is 7.92. The standard InChI is InChI=1S/C17H20N2O5/c1-11-13-3-2-12(20)10-15(13)24-17(22)14(11)4-5-16(21)18-19-6-8-23-9-7-19/h2-3,10,20H,4-9H2,1H3,(H,18,21). The summed E-state index contributed by atoms with van der Waals surface area (Å²) < 4.78 is 10.5. The molecule has 1 fully saturated rings. The third-order valence-corrected chi connectivity index (χ3v) is 4.17. The molecule has 2 aromatic rings. The molecule has 2 N–H and O–H groups in total. The highest BCUT2D eigenvalue weighted by Crippen LogP contribution is 2.23. The van der Waals surface area contributed by atoms with E-state index in [1.807, 2.05) is 11.9 Å². The molecule has 0 unspecified atom stereocenters. The molecule has 7 nitrogen and oxygen atoms in total. The van der Waals surface area contributed by atoms with Crippen LogP contribution in [0.15, 0.2) is 27.4 Å². The van der Waals surface area contributed by atoms with Crippen LogP contribution < -0.4 is 11.1 Å². The van der Waals surface area contributed by atoms with E-state index >= 15 is 0 Å². The number of carbonyl (C=O) groups is 1. The van der Waals surface area contributed by atoms with Gasteiger partial charge < -0.3 is 14.3 Å². The number of nitrogens with one attached hydrogen (secondary N) is 1. The second-order valence-corrected chi connectivity index (χ2v) is 5.81. The Morgan fingerprint density at radius 1 is 1.33 bits per heavy atom. The number of hydrazine groups is 1. The zero-order valence-electron chi connectivity index (χ0n) is 13.5. The van der Waals surface area contributed by atoms with Gasteiger partial charge in [0.1, 0.15) is 11.3 Å². The van der Waals surface area contributed by atoms with E-state index < -0.39 is 5.63 Å². The number of phenolic OH excluding ortho intramolecular Hbond substituents is 1. The molecular weight excluding hydrogens is 312 g/mol. The van der Waals surface area contributed by atoms with Gasteiger partial charge in [0.15, 0.2) is 0 Å². The van der Waals surface area contributed by atoms with Crippen LogP contribution in [-0.4, -0.2) is 42.3 Å². The second kappa shape index (κ2) is 7.02. The summed E-state index contributed by atoms with van der Waals surface area (Å²) in [6.45, 7) is 4.34. The largest absolute Gasteiger partial charge is 0.508 e. The molecule has 128 valence electrons. The quantitative estimate of drug-likeness (QED) is 0.815. The Labute approximate surface area is 138 Å². The maximum Gasteiger partial charge on any atom is 0.339 e. The van der Waals surface area contributed by atoms with Crippen molar-refractivity contribution in [2.75, 3.05) is 26.3 Å². The topological polar surface area (TPSA) is 92.0 Å². The van der Waals surface area contributed by atoms with Crippen LogP contribution in [0.3, 0.4) is 0 Å². The number of carbonyl (C=O) groups excluding carboxylic acids is 1. The van der Waals surface area contributed by atoms with Crippen LogP contribution in [-0.2, 0) is 16.0 Å². The second-order valence-electron chi connectivity index (χ2n) is 5.81. The van der Waals surface area contributed by atoms with E-state index in [-0.39, 0.29) is 18.1 Å². The van der Waals surface area contributed by atoms with E-state index in [0.717, 1.165) is 10.9 Å². The molecule has 1 aliphatic heterocycles. The zero-order chi connectivity index (χ0) is 17.1. The van der Waals surface area contributed by atoms with Crippen molar-refractivity contribution in [2.45, 2.75) is 19.8 Å². The third kappa shape index (κ3) is 3.58. The van der Waals surface area contributed by atoms with Gasteiger partial charge in [-0.05, 0) is 31.0 Å². The average Bonchev–Trinajstić information content (AvgIpc) is 2.55. The molecule has 1 saturated heterocycles. The van der Waals surface area contributed by atoms with Crippen molar-refractivity contribution < 1.29 is 19.1 Å². The first-order chi connectivity index (χ1) is 11.5. The number of benzene rings is 1. The fourth-order valence-electron chi connectivity index (χ4n) is 2.82. The molecule has 1 amide bonds. The van der Waals surface area contributed by atoms with Crippen molar-refractivity contribution >= 4 is 16.9 Å². The normalized spacial score (nSPS) is 15.5. The van der Waals surface area contributed by atoms with E-state index in [1.54, 1.807) is 12.1 Å². The molecule has 0 bridgehead atoms. The summed E-state index contributed by atoms with van der Waals surface area (Å²) in [5, 5.41) is 12.1. The Morgan fingerprint density at radius 3 is 2.83 bits per heavy atom. The van der Waals surface area contributed by atoms with Crippen LogP contribution in [0.5, 0.6) is 5.75 Å². The van der Waals surface area contributed by atoms with E-state index in [9.17, 15) is 14.7 Å². The van der Waals surface area contributed by atoms with Gasteiger partial charge in [0, 0.05) is 36.5 Å². The highest BCUT2D eigenvalue weighted by atomic mass is 16.5. The smallest absolute Gasteiger partial charge is 0.339 e. The third-order valence-electron chi connectivity index (χ3n) is 4.17. The lowest BCUT2D eigenvalue weighted by molar-refractivity contribution is -0.127. The van der Waals surface area contributed by atoms with Crippen LogP contribution in [0, 0.1) is 6.92 Å². The summed E-state index contributed by atoms with van der Waals surface area (Å²) in [5.41, 5.74) is 3.97. The molecule has 1 aliphatic rings. The van der Waals surface area contributed by atoms with Crippen molar-refractivity contribution in [3.05, 3.63) is 39.7 Å². The molecule has 0 saturated carbocycles. The van der Waals surface area contributed by atoms with Crippen LogP contribution in [0.25, 0.3) is 11.0 Å². The lowest BCUT2D eigenvalue weighted by atomic mass is 10.0. The number of phenols is 1. The minimum Gasteiger partial charge on any atom is -0.508 e. The Hall–Kier alpha value is -2.38. The Kier molecular flexibility index (Phi) is 4.82. The molecule has 0 radical (unpaired) electrons. The number of nitrogens with zero attached hydrogens (tertiary/aromatic N) is 1. The average molecular weight is 332 g/mol.